The number of ether oxygens (including phenoxy) is 3. The summed E-state index contributed by atoms with van der Waals surface area (Å²) in [6, 6.07) is 13.5. The molecule has 0 aromatic heterocycles. The Labute approximate surface area is 250 Å². The molecule has 43 heavy (non-hydrogen) atoms. The third-order valence-corrected chi connectivity index (χ3v) is 8.89. The zero-order chi connectivity index (χ0) is 31.1. The molecule has 1 fully saturated rings. The highest BCUT2D eigenvalue weighted by Crippen LogP contribution is 2.55. The average molecular weight is 588 g/mol. The van der Waals surface area contributed by atoms with Gasteiger partial charge in [0.25, 0.3) is 5.69 Å². The fourth-order valence-electron chi connectivity index (χ4n) is 6.55. The predicted octanol–water partition coefficient (Wildman–Crippen LogP) is 6.12. The fraction of sp³-hybridized carbons (Fsp3) is 0.353. The molecular weight excluding hydrogens is 550 g/mol. The number of methoxy groups -OCH3 is 2. The highest BCUT2D eigenvalue weighted by molar-refractivity contribution is 5.79. The van der Waals surface area contributed by atoms with Gasteiger partial charge in [-0.15, -0.1) is 0 Å². The van der Waals surface area contributed by atoms with E-state index in [4.69, 9.17) is 14.2 Å². The van der Waals surface area contributed by atoms with Crippen LogP contribution in [0.1, 0.15) is 55.0 Å². The van der Waals surface area contributed by atoms with Crippen LogP contribution in [0.15, 0.2) is 48.5 Å². The molecule has 0 saturated heterocycles. The van der Waals surface area contributed by atoms with E-state index in [1.165, 1.54) is 19.2 Å². The molecule has 0 bridgehead atoms. The van der Waals surface area contributed by atoms with E-state index in [0.29, 0.717) is 41.2 Å². The maximum Gasteiger partial charge on any atom is 0.269 e. The van der Waals surface area contributed by atoms with E-state index in [1.54, 1.807) is 37.5 Å². The molecule has 9 heteroatoms. The second-order valence-electron chi connectivity index (χ2n) is 12.1. The maximum atomic E-state index is 10.9. The van der Waals surface area contributed by atoms with Crippen molar-refractivity contribution in [3.05, 3.63) is 86.5 Å². The number of fused-ring (bicyclic) bond motifs is 2. The third kappa shape index (κ3) is 5.70. The van der Waals surface area contributed by atoms with Crippen molar-refractivity contribution in [2.24, 2.45) is 11.3 Å². The molecule has 1 heterocycles. The van der Waals surface area contributed by atoms with Crippen molar-refractivity contribution in [3.63, 3.8) is 0 Å². The highest BCUT2D eigenvalue weighted by Gasteiger charge is 2.58. The van der Waals surface area contributed by atoms with E-state index >= 15 is 0 Å². The van der Waals surface area contributed by atoms with Crippen molar-refractivity contribution in [3.8, 4) is 23.0 Å². The molecule has 1 aliphatic heterocycles. The van der Waals surface area contributed by atoms with Gasteiger partial charge in [0.1, 0.15) is 17.1 Å². The smallest absolute Gasteiger partial charge is 0.269 e. The Morgan fingerprint density at radius 1 is 0.907 bits per heavy atom. The van der Waals surface area contributed by atoms with Gasteiger partial charge in [-0.2, -0.15) is 0 Å². The van der Waals surface area contributed by atoms with Crippen LogP contribution >= 0.6 is 0 Å². The van der Waals surface area contributed by atoms with Gasteiger partial charge in [0.15, 0.2) is 11.5 Å². The molecule has 3 aromatic carbocycles. The fourth-order valence-corrected chi connectivity index (χ4v) is 6.55. The number of nitrogens with zero attached hydrogens (tertiary/aromatic N) is 1. The number of phenols is 1. The highest BCUT2D eigenvalue weighted by atomic mass is 16.6. The number of aromatic hydroxyl groups is 1. The zero-order valence-corrected chi connectivity index (χ0v) is 24.9. The minimum Gasteiger partial charge on any atom is -0.507 e. The quantitative estimate of drug-likeness (QED) is 0.171. The van der Waals surface area contributed by atoms with Gasteiger partial charge in [0.2, 0.25) is 0 Å². The monoisotopic (exact) mass is 587 g/mol. The van der Waals surface area contributed by atoms with Gasteiger partial charge in [0.05, 0.1) is 36.9 Å². The Hall–Kier alpha value is -4.34. The van der Waals surface area contributed by atoms with Crippen LogP contribution in [0.25, 0.3) is 24.3 Å². The molecular formula is C34H37NO8. The van der Waals surface area contributed by atoms with Crippen molar-refractivity contribution in [1.29, 1.82) is 0 Å². The number of hydrogen-bond acceptors (Lipinski definition) is 8. The van der Waals surface area contributed by atoms with Crippen LogP contribution in [-0.2, 0) is 6.42 Å². The van der Waals surface area contributed by atoms with Crippen LogP contribution in [0.2, 0.25) is 0 Å². The number of rotatable bonds is 7. The summed E-state index contributed by atoms with van der Waals surface area (Å²) in [6.45, 7) is 5.95. The number of aliphatic hydroxyl groups excluding tert-OH is 2. The van der Waals surface area contributed by atoms with Gasteiger partial charge in [-0.1, -0.05) is 32.1 Å². The lowest BCUT2D eigenvalue weighted by Gasteiger charge is -2.56. The number of phenolic OH excluding ortho intramolecular Hbond substituents is 1. The van der Waals surface area contributed by atoms with Crippen LogP contribution in [0.3, 0.4) is 0 Å². The maximum absolute atomic E-state index is 10.9. The third-order valence-electron chi connectivity index (χ3n) is 8.89. The summed E-state index contributed by atoms with van der Waals surface area (Å²) in [4.78, 5) is 10.5. The molecule has 3 N–H and O–H groups in total. The van der Waals surface area contributed by atoms with Gasteiger partial charge in [0, 0.05) is 29.9 Å². The summed E-state index contributed by atoms with van der Waals surface area (Å²) < 4.78 is 17.8. The van der Waals surface area contributed by atoms with Crippen LogP contribution < -0.4 is 14.2 Å². The lowest BCUT2D eigenvalue weighted by Crippen LogP contribution is -2.63. The second kappa shape index (κ2) is 11.4. The lowest BCUT2D eigenvalue weighted by molar-refractivity contribution is -0.384. The Kier molecular flexibility index (Phi) is 7.98. The van der Waals surface area contributed by atoms with E-state index in [-0.39, 0.29) is 17.4 Å². The lowest BCUT2D eigenvalue weighted by atomic mass is 9.57. The van der Waals surface area contributed by atoms with Crippen LogP contribution in [0.5, 0.6) is 23.0 Å². The number of benzene rings is 3. The summed E-state index contributed by atoms with van der Waals surface area (Å²) >= 11 is 0. The second-order valence-corrected chi connectivity index (χ2v) is 12.1. The van der Waals surface area contributed by atoms with Crippen molar-refractivity contribution < 1.29 is 34.5 Å². The van der Waals surface area contributed by atoms with Crippen molar-refractivity contribution in [1.82, 2.24) is 0 Å². The average Bonchev–Trinajstić information content (AvgIpc) is 2.97. The molecule has 226 valence electrons. The van der Waals surface area contributed by atoms with Gasteiger partial charge in [-0.25, -0.2) is 0 Å². The Balaban J connectivity index is 1.42. The number of non-ortho nitro benzene ring substituents is 1. The van der Waals surface area contributed by atoms with E-state index in [1.807, 2.05) is 51.1 Å². The van der Waals surface area contributed by atoms with Crippen LogP contribution in [-0.4, -0.2) is 52.3 Å². The molecule has 0 radical (unpaired) electrons. The Morgan fingerprint density at radius 2 is 1.51 bits per heavy atom. The van der Waals surface area contributed by atoms with Gasteiger partial charge < -0.3 is 29.5 Å². The first-order valence-electron chi connectivity index (χ1n) is 14.1. The van der Waals surface area contributed by atoms with Gasteiger partial charge >= 0.3 is 0 Å². The number of aliphatic hydroxyl groups is 2. The molecule has 2 aliphatic rings. The Bertz CT molecular complexity index is 1590. The molecule has 0 amide bonds. The summed E-state index contributed by atoms with van der Waals surface area (Å²) in [5.41, 5.74) is 2.57. The summed E-state index contributed by atoms with van der Waals surface area (Å²) in [7, 11) is 3.12. The molecule has 1 unspecified atom stereocenters. The minimum atomic E-state index is -0.872. The number of nitro groups is 1. The van der Waals surface area contributed by atoms with E-state index < -0.39 is 28.1 Å². The predicted molar refractivity (Wildman–Crippen MR) is 165 cm³/mol. The first-order valence-corrected chi connectivity index (χ1v) is 14.1. The molecule has 5 rings (SSSR count). The normalized spacial score (nSPS) is 24.3. The van der Waals surface area contributed by atoms with Gasteiger partial charge in [-0.05, 0) is 78.1 Å². The largest absolute Gasteiger partial charge is 0.507 e. The number of nitro benzene ring substituents is 1. The summed E-state index contributed by atoms with van der Waals surface area (Å²) in [6.07, 6.45) is 6.50. The standard InChI is InChI=1S/C34H37NO8/c1-33(2)30-18-23-14-21(17-29(42-5)31(23)43-34(30,3)19-27(37)32(33)38)6-7-22-15-26(36)25(28(16-22)41-4)13-10-20-8-11-24(12-9-20)35(39)40/h6-17,27,30,32,36-38H,18-19H2,1-5H3/b7-6+,13-10+/t27-,30?,32-,34-/m1/s1. The topological polar surface area (TPSA) is 132 Å². The Morgan fingerprint density at radius 3 is 2.14 bits per heavy atom. The van der Waals surface area contributed by atoms with E-state index in [2.05, 4.69) is 0 Å². The van der Waals surface area contributed by atoms with Gasteiger partial charge in [-0.3, -0.25) is 10.1 Å². The first-order chi connectivity index (χ1) is 20.4. The van der Waals surface area contributed by atoms with Crippen LogP contribution in [0, 0.1) is 21.4 Å². The molecule has 1 saturated carbocycles. The van der Waals surface area contributed by atoms with E-state index in [9.17, 15) is 25.4 Å². The summed E-state index contributed by atoms with van der Waals surface area (Å²) in [5, 5.41) is 43.1. The molecule has 4 atom stereocenters. The molecule has 0 spiro atoms. The molecule has 1 aliphatic carbocycles. The zero-order valence-electron chi connectivity index (χ0n) is 24.9. The van der Waals surface area contributed by atoms with Crippen molar-refractivity contribution in [2.45, 2.75) is 51.4 Å². The van der Waals surface area contributed by atoms with Crippen molar-refractivity contribution in [2.75, 3.05) is 14.2 Å². The minimum absolute atomic E-state index is 0.00716. The molecule has 3 aromatic rings. The number of hydrogen-bond donors (Lipinski definition) is 3. The van der Waals surface area contributed by atoms with E-state index in [0.717, 1.165) is 16.7 Å². The molecule has 9 nitrogen and oxygen atoms in total. The summed E-state index contributed by atoms with van der Waals surface area (Å²) in [5.74, 6) is 1.70. The first kappa shape index (κ1) is 30.1. The SMILES string of the molecule is COc1cc(/C=C/c2cc3c(c(OC)c2)O[C@]2(C)C[C@@H](O)[C@@H](O)C(C)(C)C2C3)cc(O)c1/C=C/c1ccc([N+](=O)[O-])cc1. The van der Waals surface area contributed by atoms with Crippen molar-refractivity contribution >= 4 is 30.0 Å². The van der Waals surface area contributed by atoms with Crippen LogP contribution in [0.4, 0.5) is 5.69 Å².